The van der Waals surface area contributed by atoms with Crippen LogP contribution >= 0.6 is 11.8 Å². The van der Waals surface area contributed by atoms with Gasteiger partial charge in [-0.3, -0.25) is 4.57 Å². The molecule has 4 heterocycles. The van der Waals surface area contributed by atoms with Gasteiger partial charge in [-0.1, -0.05) is 84.6 Å². The molecule has 4 nitrogen and oxygen atoms in total. The Hall–Kier alpha value is -5.39. The lowest BCUT2D eigenvalue weighted by Crippen LogP contribution is -2.05. The Morgan fingerprint density at radius 3 is 2.21 bits per heavy atom. The van der Waals surface area contributed by atoms with Crippen LogP contribution in [-0.2, 0) is 0 Å². The molecular formula is C38H21N3OS. The number of hydrogen-bond donors (Lipinski definition) is 0. The first-order chi connectivity index (χ1) is 21.3. The van der Waals surface area contributed by atoms with E-state index in [1.54, 1.807) is 11.8 Å². The van der Waals surface area contributed by atoms with Crippen LogP contribution in [0.15, 0.2) is 142 Å². The first-order valence-electron chi connectivity index (χ1n) is 14.3. The SMILES string of the molecule is c1ccc2c(c1)Sc1cccc3nc(-n4c5ccccc5c5cc(-c6ccc7oc8ccccc8c7c6)ccc54)nc-2c13. The Morgan fingerprint density at radius 2 is 1.26 bits per heavy atom. The highest BCUT2D eigenvalue weighted by molar-refractivity contribution is 7.99. The second kappa shape index (κ2) is 8.57. The lowest BCUT2D eigenvalue weighted by Gasteiger charge is -2.20. The van der Waals surface area contributed by atoms with Crippen molar-refractivity contribution in [3.8, 4) is 28.3 Å². The molecule has 0 amide bonds. The Kier molecular flexibility index (Phi) is 4.62. The summed E-state index contributed by atoms with van der Waals surface area (Å²) in [7, 11) is 0. The van der Waals surface area contributed by atoms with Gasteiger partial charge in [-0.2, -0.15) is 0 Å². The van der Waals surface area contributed by atoms with Gasteiger partial charge in [0, 0.05) is 42.3 Å². The van der Waals surface area contributed by atoms with Crippen LogP contribution in [0.1, 0.15) is 0 Å². The Bertz CT molecular complexity index is 2610. The lowest BCUT2D eigenvalue weighted by atomic mass is 10.0. The maximum absolute atomic E-state index is 6.09. The number of hydrogen-bond acceptors (Lipinski definition) is 4. The number of rotatable bonds is 2. The molecule has 0 unspecified atom stereocenters. The molecule has 0 N–H and O–H groups in total. The van der Waals surface area contributed by atoms with Gasteiger partial charge < -0.3 is 4.42 Å². The molecule has 0 saturated heterocycles. The number of para-hydroxylation sites is 2. The molecule has 6 aromatic carbocycles. The third-order valence-electron chi connectivity index (χ3n) is 8.62. The van der Waals surface area contributed by atoms with E-state index in [0.717, 1.165) is 66.3 Å². The second-order valence-electron chi connectivity index (χ2n) is 11.0. The van der Waals surface area contributed by atoms with Crippen molar-refractivity contribution in [1.29, 1.82) is 0 Å². The fourth-order valence-electron chi connectivity index (χ4n) is 6.66. The molecule has 3 aromatic heterocycles. The summed E-state index contributed by atoms with van der Waals surface area (Å²) < 4.78 is 8.30. The standard InChI is InChI=1S/C38H21N3OS/c1-4-12-30-24(8-1)27-20-22(23-17-19-33-28(21-23)25-9-2-5-13-32(25)42-33)16-18-31(27)41(30)38-39-29-11-7-15-35-36(29)37(40-38)26-10-3-6-14-34(26)43-35/h1-21H. The van der Waals surface area contributed by atoms with Crippen molar-refractivity contribution in [3.05, 3.63) is 127 Å². The molecule has 0 atom stereocenters. The number of fused-ring (bicyclic) bond motifs is 8. The number of aromatic nitrogens is 3. The molecule has 1 aliphatic heterocycles. The van der Waals surface area contributed by atoms with Gasteiger partial charge in [-0.25, -0.2) is 9.97 Å². The predicted octanol–water partition coefficient (Wildman–Crippen LogP) is 10.4. The topological polar surface area (TPSA) is 43.9 Å². The summed E-state index contributed by atoms with van der Waals surface area (Å²) >= 11 is 1.79. The normalized spacial score (nSPS) is 12.6. The van der Waals surface area contributed by atoms with Gasteiger partial charge in [0.15, 0.2) is 0 Å². The first kappa shape index (κ1) is 23.2. The summed E-state index contributed by atoms with van der Waals surface area (Å²) in [6.45, 7) is 0. The van der Waals surface area contributed by atoms with Crippen molar-refractivity contribution < 1.29 is 4.42 Å². The van der Waals surface area contributed by atoms with Gasteiger partial charge in [0.2, 0.25) is 5.95 Å². The Labute approximate surface area is 250 Å². The van der Waals surface area contributed by atoms with Crippen LogP contribution in [0, 0.1) is 0 Å². The zero-order chi connectivity index (χ0) is 28.1. The van der Waals surface area contributed by atoms with E-state index in [9.17, 15) is 0 Å². The molecule has 1 aliphatic rings. The Balaban J connectivity index is 1.22. The average molecular weight is 568 g/mol. The van der Waals surface area contributed by atoms with Gasteiger partial charge in [0.1, 0.15) is 11.2 Å². The van der Waals surface area contributed by atoms with Crippen LogP contribution in [0.5, 0.6) is 0 Å². The van der Waals surface area contributed by atoms with Crippen LogP contribution in [0.4, 0.5) is 0 Å². The third-order valence-corrected chi connectivity index (χ3v) is 9.75. The van der Waals surface area contributed by atoms with Crippen molar-refractivity contribution in [2.45, 2.75) is 9.79 Å². The quantitative estimate of drug-likeness (QED) is 0.208. The lowest BCUT2D eigenvalue weighted by molar-refractivity contribution is 0.669. The molecule has 0 saturated carbocycles. The van der Waals surface area contributed by atoms with Crippen LogP contribution in [0.25, 0.3) is 83.0 Å². The average Bonchev–Trinajstić information content (AvgIpc) is 3.60. The smallest absolute Gasteiger partial charge is 0.235 e. The molecule has 0 fully saturated rings. The van der Waals surface area contributed by atoms with E-state index in [1.165, 1.54) is 20.6 Å². The Morgan fingerprint density at radius 1 is 0.535 bits per heavy atom. The molecule has 0 aliphatic carbocycles. The van der Waals surface area contributed by atoms with Crippen LogP contribution in [0.3, 0.4) is 0 Å². The molecular weight excluding hydrogens is 547 g/mol. The summed E-state index contributed by atoms with van der Waals surface area (Å²) in [5.41, 5.74) is 9.42. The summed E-state index contributed by atoms with van der Waals surface area (Å²) in [4.78, 5) is 12.9. The van der Waals surface area contributed by atoms with Gasteiger partial charge in [0.05, 0.1) is 22.2 Å². The van der Waals surface area contributed by atoms with Crippen LogP contribution in [0.2, 0.25) is 0 Å². The van der Waals surface area contributed by atoms with Crippen molar-refractivity contribution in [3.63, 3.8) is 0 Å². The molecule has 10 rings (SSSR count). The minimum absolute atomic E-state index is 0.687. The molecule has 0 bridgehead atoms. The number of furan rings is 1. The minimum Gasteiger partial charge on any atom is -0.456 e. The molecule has 5 heteroatoms. The fraction of sp³-hybridized carbons (Fsp3) is 0. The van der Waals surface area contributed by atoms with Crippen LogP contribution in [-0.4, -0.2) is 14.5 Å². The van der Waals surface area contributed by atoms with Gasteiger partial charge in [-0.15, -0.1) is 0 Å². The van der Waals surface area contributed by atoms with Crippen molar-refractivity contribution in [1.82, 2.24) is 14.5 Å². The minimum atomic E-state index is 0.687. The molecule has 43 heavy (non-hydrogen) atoms. The van der Waals surface area contributed by atoms with Gasteiger partial charge in [0.25, 0.3) is 0 Å². The van der Waals surface area contributed by atoms with Crippen LogP contribution < -0.4 is 0 Å². The largest absolute Gasteiger partial charge is 0.456 e. The summed E-state index contributed by atoms with van der Waals surface area (Å²) in [6, 6.07) is 44.9. The first-order valence-corrected chi connectivity index (χ1v) is 15.2. The highest BCUT2D eigenvalue weighted by atomic mass is 32.2. The van der Waals surface area contributed by atoms with E-state index < -0.39 is 0 Å². The van der Waals surface area contributed by atoms with E-state index >= 15 is 0 Å². The van der Waals surface area contributed by atoms with E-state index in [-0.39, 0.29) is 0 Å². The van der Waals surface area contributed by atoms with Gasteiger partial charge >= 0.3 is 0 Å². The fourth-order valence-corrected chi connectivity index (χ4v) is 7.77. The van der Waals surface area contributed by atoms with Crippen molar-refractivity contribution >= 4 is 66.4 Å². The zero-order valence-corrected chi connectivity index (χ0v) is 23.6. The predicted molar refractivity (Wildman–Crippen MR) is 176 cm³/mol. The molecule has 200 valence electrons. The highest BCUT2D eigenvalue weighted by Gasteiger charge is 2.23. The molecule has 0 radical (unpaired) electrons. The molecule has 9 aromatic rings. The summed E-state index contributed by atoms with van der Waals surface area (Å²) in [5, 5.41) is 5.74. The van der Waals surface area contributed by atoms with Crippen molar-refractivity contribution in [2.75, 3.05) is 0 Å². The summed E-state index contributed by atoms with van der Waals surface area (Å²) in [5.74, 6) is 0.687. The third kappa shape index (κ3) is 3.28. The zero-order valence-electron chi connectivity index (χ0n) is 22.8. The highest BCUT2D eigenvalue weighted by Crippen LogP contribution is 2.47. The van der Waals surface area contributed by atoms with E-state index in [2.05, 4.69) is 120 Å². The maximum Gasteiger partial charge on any atom is 0.235 e. The maximum atomic E-state index is 6.09. The number of nitrogens with zero attached hydrogens (tertiary/aromatic N) is 3. The number of benzene rings is 6. The van der Waals surface area contributed by atoms with Gasteiger partial charge in [-0.05, 0) is 65.7 Å². The summed E-state index contributed by atoms with van der Waals surface area (Å²) in [6.07, 6.45) is 0. The second-order valence-corrected chi connectivity index (χ2v) is 12.1. The van der Waals surface area contributed by atoms with E-state index in [1.807, 2.05) is 12.1 Å². The monoisotopic (exact) mass is 567 g/mol. The van der Waals surface area contributed by atoms with Crippen molar-refractivity contribution in [2.24, 2.45) is 0 Å². The molecule has 0 spiro atoms. The van der Waals surface area contributed by atoms with E-state index in [0.29, 0.717) is 5.95 Å². The van der Waals surface area contributed by atoms with E-state index in [4.69, 9.17) is 14.4 Å².